The summed E-state index contributed by atoms with van der Waals surface area (Å²) in [5.41, 5.74) is 6.25. The molecule has 1 fully saturated rings. The van der Waals surface area contributed by atoms with Gasteiger partial charge in [0.2, 0.25) is 0 Å². The van der Waals surface area contributed by atoms with Crippen molar-refractivity contribution in [3.05, 3.63) is 192 Å². The molecular weight excluding hydrogens is 649 g/mol. The molecule has 2 atom stereocenters. The third kappa shape index (κ3) is 9.72. The molecule has 0 bridgehead atoms. The molecule has 52 heavy (non-hydrogen) atoms. The number of anilines is 2. The molecule has 0 saturated carbocycles. The first kappa shape index (κ1) is 34.2. The van der Waals surface area contributed by atoms with E-state index >= 15 is 0 Å². The van der Waals surface area contributed by atoms with E-state index in [1.807, 2.05) is 144 Å². The largest absolute Gasteiger partial charge is 0.458 e. The number of hydrogen-bond acceptors (Lipinski definition) is 8. The summed E-state index contributed by atoms with van der Waals surface area (Å²) < 4.78 is 24.2. The average Bonchev–Trinajstić information content (AvgIpc) is 3.21. The smallest absolute Gasteiger partial charge is 0.263 e. The summed E-state index contributed by atoms with van der Waals surface area (Å²) in [6, 6.07) is 56.3. The Hall–Kier alpha value is -6.22. The van der Waals surface area contributed by atoms with Crippen LogP contribution in [0.2, 0.25) is 0 Å². The maximum Gasteiger partial charge on any atom is 0.263 e. The predicted octanol–water partition coefficient (Wildman–Crippen LogP) is 8.92. The van der Waals surface area contributed by atoms with Gasteiger partial charge in [0, 0.05) is 0 Å². The van der Waals surface area contributed by atoms with Crippen molar-refractivity contribution in [2.45, 2.75) is 25.7 Å². The second kappa shape index (κ2) is 17.6. The fourth-order valence-electron chi connectivity index (χ4n) is 5.58. The van der Waals surface area contributed by atoms with Crippen molar-refractivity contribution in [1.29, 1.82) is 0 Å². The number of rotatable bonds is 14. The van der Waals surface area contributed by atoms with Crippen LogP contribution in [0.1, 0.15) is 22.3 Å². The maximum absolute atomic E-state index is 6.19. The van der Waals surface area contributed by atoms with Crippen LogP contribution in [-0.4, -0.2) is 38.2 Å². The standard InChI is InChI=1S/C44H40N4O4/c1-5-13-37(14-6-1)33-47(39-17-9-3-10-18-39)45-31-35-21-25-41(26-22-35)51-43-44(50-30-29-49-43)52-42-27-23-36(24-28-42)32-46-48(40-19-11-4-12-20-40)34-38-15-7-2-8-16-38/h1-28,31-32,43-44H,29-30,33-34H2/b45-31-,46-32-/t43-,44-/m1/s1. The minimum absolute atomic E-state index is 0.405. The van der Waals surface area contributed by atoms with E-state index < -0.39 is 12.6 Å². The SMILES string of the molecule is C(=N/N(Cc1ccccc1)c1ccccc1)/c1ccc(O[C@H]2OCCO[C@@H]2Oc2ccc(/C=N\N(Cc3ccccc3)c3ccccc3)cc2)cc1. The molecule has 1 saturated heterocycles. The van der Waals surface area contributed by atoms with Crippen molar-refractivity contribution in [3.8, 4) is 11.5 Å². The summed E-state index contributed by atoms with van der Waals surface area (Å²) >= 11 is 0. The molecule has 7 rings (SSSR count). The van der Waals surface area contributed by atoms with Crippen LogP contribution in [0.25, 0.3) is 0 Å². The van der Waals surface area contributed by atoms with E-state index in [2.05, 4.69) is 48.5 Å². The molecule has 0 amide bonds. The zero-order chi connectivity index (χ0) is 35.2. The third-order valence-corrected chi connectivity index (χ3v) is 8.29. The lowest BCUT2D eigenvalue weighted by Crippen LogP contribution is -2.45. The maximum atomic E-state index is 6.19. The quantitative estimate of drug-likeness (QED) is 0.0841. The zero-order valence-electron chi connectivity index (χ0n) is 28.7. The molecule has 0 aliphatic carbocycles. The van der Waals surface area contributed by atoms with Crippen molar-refractivity contribution >= 4 is 23.8 Å². The molecule has 6 aromatic carbocycles. The molecule has 0 unspecified atom stereocenters. The molecule has 6 aromatic rings. The van der Waals surface area contributed by atoms with E-state index in [4.69, 9.17) is 29.2 Å². The highest BCUT2D eigenvalue weighted by Crippen LogP contribution is 2.23. The van der Waals surface area contributed by atoms with Crippen LogP contribution in [0.3, 0.4) is 0 Å². The Morgan fingerprint density at radius 3 is 1.17 bits per heavy atom. The van der Waals surface area contributed by atoms with Crippen LogP contribution < -0.4 is 19.5 Å². The van der Waals surface area contributed by atoms with Crippen molar-refractivity contribution in [2.24, 2.45) is 10.2 Å². The molecule has 0 aromatic heterocycles. The molecule has 0 radical (unpaired) electrons. The summed E-state index contributed by atoms with van der Waals surface area (Å²) in [5, 5.41) is 13.6. The Balaban J connectivity index is 0.967. The van der Waals surface area contributed by atoms with Gasteiger partial charge in [-0.15, -0.1) is 0 Å². The molecule has 1 heterocycles. The van der Waals surface area contributed by atoms with Gasteiger partial charge in [-0.05, 0) is 95.1 Å². The van der Waals surface area contributed by atoms with E-state index in [0.29, 0.717) is 37.8 Å². The minimum atomic E-state index is -0.744. The van der Waals surface area contributed by atoms with Crippen LogP contribution in [0, 0.1) is 0 Å². The van der Waals surface area contributed by atoms with Gasteiger partial charge in [-0.1, -0.05) is 97.1 Å². The van der Waals surface area contributed by atoms with E-state index in [9.17, 15) is 0 Å². The highest BCUT2D eigenvalue weighted by Gasteiger charge is 2.31. The van der Waals surface area contributed by atoms with Crippen LogP contribution in [0.4, 0.5) is 11.4 Å². The van der Waals surface area contributed by atoms with Crippen molar-refractivity contribution in [2.75, 3.05) is 23.2 Å². The molecule has 0 spiro atoms. The molecule has 8 nitrogen and oxygen atoms in total. The first-order chi connectivity index (χ1) is 25.7. The highest BCUT2D eigenvalue weighted by molar-refractivity contribution is 5.81. The Kier molecular flexibility index (Phi) is 11.6. The Labute approximate surface area is 304 Å². The Bertz CT molecular complexity index is 1850. The lowest BCUT2D eigenvalue weighted by molar-refractivity contribution is -0.271. The van der Waals surface area contributed by atoms with E-state index in [1.165, 1.54) is 11.1 Å². The van der Waals surface area contributed by atoms with Crippen LogP contribution >= 0.6 is 0 Å². The predicted molar refractivity (Wildman–Crippen MR) is 207 cm³/mol. The minimum Gasteiger partial charge on any atom is -0.458 e. The van der Waals surface area contributed by atoms with Crippen molar-refractivity contribution in [1.82, 2.24) is 0 Å². The second-order valence-corrected chi connectivity index (χ2v) is 12.1. The van der Waals surface area contributed by atoms with E-state index in [0.717, 1.165) is 22.5 Å². The lowest BCUT2D eigenvalue weighted by Gasteiger charge is -2.31. The fourth-order valence-corrected chi connectivity index (χ4v) is 5.58. The summed E-state index contributed by atoms with van der Waals surface area (Å²) in [7, 11) is 0. The van der Waals surface area contributed by atoms with Gasteiger partial charge in [-0.25, -0.2) is 0 Å². The normalized spacial score (nSPS) is 15.8. The first-order valence-electron chi connectivity index (χ1n) is 17.3. The summed E-state index contributed by atoms with van der Waals surface area (Å²) in [6.45, 7) is 2.12. The highest BCUT2D eigenvalue weighted by atomic mass is 16.8. The molecule has 0 N–H and O–H groups in total. The van der Waals surface area contributed by atoms with E-state index in [-0.39, 0.29) is 0 Å². The second-order valence-electron chi connectivity index (χ2n) is 12.1. The third-order valence-electron chi connectivity index (χ3n) is 8.29. The van der Waals surface area contributed by atoms with Gasteiger partial charge < -0.3 is 18.9 Å². The summed E-state index contributed by atoms with van der Waals surface area (Å²) in [5.74, 6) is 1.27. The number of benzene rings is 6. The molecule has 1 aliphatic heterocycles. The van der Waals surface area contributed by atoms with Crippen molar-refractivity contribution < 1.29 is 18.9 Å². The van der Waals surface area contributed by atoms with Gasteiger partial charge in [0.25, 0.3) is 12.6 Å². The van der Waals surface area contributed by atoms with E-state index in [1.54, 1.807) is 0 Å². The summed E-state index contributed by atoms with van der Waals surface area (Å²) in [6.07, 6.45) is 2.21. The van der Waals surface area contributed by atoms with Gasteiger partial charge in [0.1, 0.15) is 11.5 Å². The number of ether oxygens (including phenoxy) is 4. The number of nitrogens with zero attached hydrogens (tertiary/aromatic N) is 4. The monoisotopic (exact) mass is 688 g/mol. The molecular formula is C44H40N4O4. The van der Waals surface area contributed by atoms with Crippen LogP contribution in [-0.2, 0) is 22.6 Å². The van der Waals surface area contributed by atoms with Crippen molar-refractivity contribution in [3.63, 3.8) is 0 Å². The summed E-state index contributed by atoms with van der Waals surface area (Å²) in [4.78, 5) is 0. The Morgan fingerprint density at radius 1 is 0.462 bits per heavy atom. The number of hydrazone groups is 2. The topological polar surface area (TPSA) is 68.1 Å². The van der Waals surface area contributed by atoms with Gasteiger partial charge in [-0.2, -0.15) is 10.2 Å². The number of hydrogen-bond donors (Lipinski definition) is 0. The average molecular weight is 689 g/mol. The fraction of sp³-hybridized carbons (Fsp3) is 0.136. The number of para-hydroxylation sites is 2. The van der Waals surface area contributed by atoms with Crippen LogP contribution in [0.15, 0.2) is 180 Å². The van der Waals surface area contributed by atoms with Gasteiger partial charge in [0.15, 0.2) is 0 Å². The lowest BCUT2D eigenvalue weighted by atomic mass is 10.2. The van der Waals surface area contributed by atoms with Gasteiger partial charge in [0.05, 0.1) is 50.1 Å². The molecule has 8 heteroatoms. The first-order valence-corrected chi connectivity index (χ1v) is 17.3. The molecule has 260 valence electrons. The van der Waals surface area contributed by atoms with Crippen LogP contribution in [0.5, 0.6) is 11.5 Å². The molecule has 1 aliphatic rings. The van der Waals surface area contributed by atoms with Gasteiger partial charge >= 0.3 is 0 Å². The van der Waals surface area contributed by atoms with Gasteiger partial charge in [-0.3, -0.25) is 10.0 Å². The Morgan fingerprint density at radius 2 is 0.808 bits per heavy atom. The zero-order valence-corrected chi connectivity index (χ0v) is 28.7.